The molecule has 3 aromatic rings. The zero-order valence-corrected chi connectivity index (χ0v) is 18.6. The molecule has 1 heterocycles. The molecule has 34 heavy (non-hydrogen) atoms. The van der Waals surface area contributed by atoms with Gasteiger partial charge in [0.05, 0.1) is 16.6 Å². The Morgan fingerprint density at radius 3 is 2.53 bits per heavy atom. The maximum atomic E-state index is 12.8. The Hall–Kier alpha value is -4.23. The number of ether oxygens (including phenoxy) is 1. The van der Waals surface area contributed by atoms with E-state index in [4.69, 9.17) is 9.94 Å². The Labute approximate surface area is 194 Å². The van der Waals surface area contributed by atoms with E-state index in [0.717, 1.165) is 6.08 Å². The summed E-state index contributed by atoms with van der Waals surface area (Å²) in [5.41, 5.74) is 2.46. The summed E-state index contributed by atoms with van der Waals surface area (Å²) in [5, 5.41) is 23.0. The second-order valence-corrected chi connectivity index (χ2v) is 8.73. The molecule has 13 heteroatoms. The van der Waals surface area contributed by atoms with Crippen LogP contribution in [0.25, 0.3) is 6.08 Å². The van der Waals surface area contributed by atoms with Crippen LogP contribution in [0.3, 0.4) is 0 Å². The van der Waals surface area contributed by atoms with E-state index in [-0.39, 0.29) is 28.9 Å². The maximum Gasteiger partial charge on any atom is 0.415 e. The highest BCUT2D eigenvalue weighted by Gasteiger charge is 2.35. The van der Waals surface area contributed by atoms with Crippen LogP contribution in [0.5, 0.6) is 5.88 Å². The Morgan fingerprint density at radius 2 is 1.88 bits per heavy atom. The summed E-state index contributed by atoms with van der Waals surface area (Å²) in [7, 11) is -2.72. The van der Waals surface area contributed by atoms with Gasteiger partial charge in [-0.2, -0.15) is 0 Å². The van der Waals surface area contributed by atoms with Crippen molar-refractivity contribution in [3.05, 3.63) is 77.0 Å². The fourth-order valence-corrected chi connectivity index (χ4v) is 4.08. The zero-order valence-electron chi connectivity index (χ0n) is 17.8. The number of likely N-dealkylation sites (N-methyl/N-ethyl adjacent to an activating group) is 1. The van der Waals surface area contributed by atoms with Gasteiger partial charge in [-0.15, -0.1) is 0 Å². The van der Waals surface area contributed by atoms with Crippen molar-refractivity contribution in [2.75, 3.05) is 20.2 Å². The average Bonchev–Trinajstić information content (AvgIpc) is 3.23. The number of nitrogens with zero attached hydrogens (tertiary/aromatic N) is 3. The minimum absolute atomic E-state index is 0.0493. The van der Waals surface area contributed by atoms with Gasteiger partial charge in [-0.3, -0.25) is 19.4 Å². The molecular formula is C21H20N4O8S. The van der Waals surface area contributed by atoms with E-state index >= 15 is 0 Å². The number of nitrogens with one attached hydrogen (secondary N) is 1. The van der Waals surface area contributed by atoms with Gasteiger partial charge in [-0.25, -0.2) is 13.9 Å². The van der Waals surface area contributed by atoms with Crippen molar-refractivity contribution in [1.29, 1.82) is 0 Å². The van der Waals surface area contributed by atoms with Crippen LogP contribution in [0.2, 0.25) is 0 Å². The predicted octanol–water partition coefficient (Wildman–Crippen LogP) is 0.810. The van der Waals surface area contributed by atoms with Crippen molar-refractivity contribution in [2.45, 2.75) is 9.92 Å². The highest BCUT2D eigenvalue weighted by atomic mass is 32.2. The molecule has 3 rings (SSSR count). The number of amides is 2. The molecule has 0 unspecified atom stereocenters. The smallest absolute Gasteiger partial charge is 0.415 e. The number of rotatable bonds is 9. The molecule has 0 spiro atoms. The number of carbonyl (C=O) groups excluding carboxylic acids is 2. The van der Waals surface area contributed by atoms with Gasteiger partial charge in [0.2, 0.25) is 0 Å². The molecule has 0 saturated carbocycles. The molecule has 178 valence electrons. The molecule has 0 aliphatic carbocycles. The number of hydrogen-bond donors (Lipinski definition) is 2. The Kier molecular flexibility index (Phi) is 7.60. The maximum absolute atomic E-state index is 12.8. The SMILES string of the molecule is CN(CCOc1no[n+]([O-])c1S(=O)(=O)c1ccccc1)C(=O)c1ccc(/C=C/C(=O)NO)cc1. The van der Waals surface area contributed by atoms with E-state index in [2.05, 4.69) is 9.79 Å². The first-order valence-electron chi connectivity index (χ1n) is 9.74. The van der Waals surface area contributed by atoms with E-state index in [1.807, 2.05) is 0 Å². The van der Waals surface area contributed by atoms with Crippen LogP contribution in [0, 0.1) is 5.21 Å². The Bertz CT molecular complexity index is 1290. The van der Waals surface area contributed by atoms with E-state index in [1.54, 1.807) is 30.3 Å². The number of hydroxylamine groups is 1. The van der Waals surface area contributed by atoms with Gasteiger partial charge < -0.3 is 14.8 Å². The molecule has 0 bridgehead atoms. The first-order chi connectivity index (χ1) is 16.2. The summed E-state index contributed by atoms with van der Waals surface area (Å²) in [6.45, 7) is -0.114. The summed E-state index contributed by atoms with van der Waals surface area (Å²) >= 11 is 0. The van der Waals surface area contributed by atoms with Crippen LogP contribution in [0.4, 0.5) is 0 Å². The quantitative estimate of drug-likeness (QED) is 0.192. The summed E-state index contributed by atoms with van der Waals surface area (Å²) in [4.78, 5) is 24.6. The number of aromatic nitrogens is 2. The third-order valence-electron chi connectivity index (χ3n) is 4.56. The lowest BCUT2D eigenvalue weighted by Crippen LogP contribution is -2.32. The van der Waals surface area contributed by atoms with Gasteiger partial charge in [-0.1, -0.05) is 30.3 Å². The second-order valence-electron chi connectivity index (χ2n) is 6.86. The monoisotopic (exact) mass is 488 g/mol. The molecule has 1 aromatic heterocycles. The standard InChI is InChI=1S/C21H20N4O8S/c1-24(20(27)16-10-7-15(8-11-16)9-12-18(26)22-28)13-14-32-19-21(25(29)33-23-19)34(30,31)17-5-3-2-4-6-17/h2-12,28H,13-14H2,1H3,(H,22,26)/b12-9+. The number of hydrogen-bond acceptors (Lipinski definition) is 9. The van der Waals surface area contributed by atoms with Crippen molar-refractivity contribution in [3.8, 4) is 5.88 Å². The lowest BCUT2D eigenvalue weighted by atomic mass is 10.1. The number of carbonyl (C=O) groups is 2. The van der Waals surface area contributed by atoms with Crippen LogP contribution in [0.1, 0.15) is 15.9 Å². The third-order valence-corrected chi connectivity index (χ3v) is 6.29. The lowest BCUT2D eigenvalue weighted by molar-refractivity contribution is -0.832. The molecule has 2 N–H and O–H groups in total. The van der Waals surface area contributed by atoms with Crippen molar-refractivity contribution >= 4 is 27.7 Å². The molecule has 0 fully saturated rings. The molecular weight excluding hydrogens is 468 g/mol. The predicted molar refractivity (Wildman–Crippen MR) is 115 cm³/mol. The summed E-state index contributed by atoms with van der Waals surface area (Å²) in [6, 6.07) is 13.6. The Balaban J connectivity index is 1.63. The second kappa shape index (κ2) is 10.6. The largest absolute Gasteiger partial charge is 0.453 e. The topological polar surface area (TPSA) is 166 Å². The number of benzene rings is 2. The van der Waals surface area contributed by atoms with Crippen molar-refractivity contribution in [1.82, 2.24) is 15.5 Å². The fraction of sp³-hybridized carbons (Fsp3) is 0.143. The zero-order chi connectivity index (χ0) is 24.7. The fourth-order valence-electron chi connectivity index (χ4n) is 2.79. The molecule has 0 aliphatic rings. The minimum atomic E-state index is -4.24. The van der Waals surface area contributed by atoms with E-state index in [1.165, 1.54) is 47.8 Å². The Morgan fingerprint density at radius 1 is 1.21 bits per heavy atom. The average molecular weight is 488 g/mol. The summed E-state index contributed by atoms with van der Waals surface area (Å²) in [5.74, 6) is -1.54. The van der Waals surface area contributed by atoms with Crippen molar-refractivity contribution in [2.24, 2.45) is 0 Å². The molecule has 12 nitrogen and oxygen atoms in total. The summed E-state index contributed by atoms with van der Waals surface area (Å²) in [6.07, 6.45) is 2.58. The number of sulfone groups is 1. The molecule has 0 saturated heterocycles. The van der Waals surface area contributed by atoms with Crippen LogP contribution in [0.15, 0.2) is 75.2 Å². The molecule has 0 aliphatic heterocycles. The van der Waals surface area contributed by atoms with Crippen LogP contribution in [-0.4, -0.2) is 55.7 Å². The highest BCUT2D eigenvalue weighted by molar-refractivity contribution is 7.91. The van der Waals surface area contributed by atoms with Gasteiger partial charge >= 0.3 is 10.9 Å². The van der Waals surface area contributed by atoms with E-state index in [9.17, 15) is 23.2 Å². The van der Waals surface area contributed by atoms with Gasteiger partial charge in [0, 0.05) is 18.7 Å². The normalized spacial score (nSPS) is 11.4. The first kappa shape index (κ1) is 24.4. The first-order valence-corrected chi connectivity index (χ1v) is 11.2. The van der Waals surface area contributed by atoms with E-state index < -0.39 is 26.7 Å². The minimum Gasteiger partial charge on any atom is -0.453 e. The van der Waals surface area contributed by atoms with E-state index in [0.29, 0.717) is 11.1 Å². The lowest BCUT2D eigenvalue weighted by Gasteiger charge is -2.16. The van der Waals surface area contributed by atoms with Crippen LogP contribution in [-0.2, 0) is 14.6 Å². The van der Waals surface area contributed by atoms with Gasteiger partial charge in [-0.05, 0) is 40.8 Å². The van der Waals surface area contributed by atoms with Crippen molar-refractivity contribution < 1.29 is 37.5 Å². The molecule has 0 radical (unpaired) electrons. The van der Waals surface area contributed by atoms with Gasteiger partial charge in [0.15, 0.2) is 0 Å². The molecule has 0 atom stereocenters. The highest BCUT2D eigenvalue weighted by Crippen LogP contribution is 2.24. The van der Waals surface area contributed by atoms with Crippen molar-refractivity contribution in [3.63, 3.8) is 0 Å². The van der Waals surface area contributed by atoms with Gasteiger partial charge in [0.1, 0.15) is 6.61 Å². The van der Waals surface area contributed by atoms with Crippen LogP contribution < -0.4 is 15.1 Å². The molecule has 2 amide bonds. The molecule has 2 aromatic carbocycles. The van der Waals surface area contributed by atoms with Crippen LogP contribution >= 0.6 is 0 Å². The third kappa shape index (κ3) is 5.57. The van der Waals surface area contributed by atoms with Gasteiger partial charge in [0.25, 0.3) is 21.7 Å². The summed E-state index contributed by atoms with van der Waals surface area (Å²) < 4.78 is 35.3.